The molecule has 2 unspecified atom stereocenters. The largest absolute Gasteiger partial charge is 0.328 e. The summed E-state index contributed by atoms with van der Waals surface area (Å²) in [6.07, 6.45) is 5.18. The third-order valence-electron chi connectivity index (χ3n) is 3.73. The van der Waals surface area contributed by atoms with Gasteiger partial charge in [0.05, 0.1) is 0 Å². The number of pyridine rings is 1. The van der Waals surface area contributed by atoms with E-state index in [2.05, 4.69) is 37.2 Å². The third kappa shape index (κ3) is 3.18. The van der Waals surface area contributed by atoms with Gasteiger partial charge in [-0.3, -0.25) is 0 Å². The SMILES string of the molecule is CC(N)CCCC(C)c1nc2cccnc2n1C(C)C. The zero-order chi connectivity index (χ0) is 14.7. The lowest BCUT2D eigenvalue weighted by molar-refractivity contribution is 0.502. The summed E-state index contributed by atoms with van der Waals surface area (Å²) >= 11 is 0. The molecule has 0 bridgehead atoms. The molecule has 4 heteroatoms. The van der Waals surface area contributed by atoms with Crippen LogP contribution in [0, 0.1) is 0 Å². The summed E-state index contributed by atoms with van der Waals surface area (Å²) in [4.78, 5) is 9.30. The minimum Gasteiger partial charge on any atom is -0.328 e. The molecule has 0 amide bonds. The monoisotopic (exact) mass is 274 g/mol. The Kier molecular flexibility index (Phi) is 4.76. The smallest absolute Gasteiger partial charge is 0.160 e. The van der Waals surface area contributed by atoms with Crippen molar-refractivity contribution in [3.8, 4) is 0 Å². The molecule has 0 aliphatic carbocycles. The van der Waals surface area contributed by atoms with E-state index < -0.39 is 0 Å². The Morgan fingerprint density at radius 3 is 2.60 bits per heavy atom. The fraction of sp³-hybridized carbons (Fsp3) is 0.625. The van der Waals surface area contributed by atoms with Gasteiger partial charge in [0.2, 0.25) is 0 Å². The number of aromatic nitrogens is 3. The summed E-state index contributed by atoms with van der Waals surface area (Å²) in [6, 6.07) is 4.65. The summed E-state index contributed by atoms with van der Waals surface area (Å²) in [7, 11) is 0. The van der Waals surface area contributed by atoms with E-state index in [1.807, 2.05) is 18.3 Å². The molecule has 110 valence electrons. The Morgan fingerprint density at radius 1 is 1.20 bits per heavy atom. The molecule has 0 saturated carbocycles. The first-order chi connectivity index (χ1) is 9.50. The molecule has 0 spiro atoms. The van der Waals surface area contributed by atoms with Crippen molar-refractivity contribution in [2.24, 2.45) is 5.73 Å². The van der Waals surface area contributed by atoms with Crippen molar-refractivity contribution in [2.45, 2.75) is 65.0 Å². The number of nitrogens with two attached hydrogens (primary N) is 1. The van der Waals surface area contributed by atoms with E-state index in [0.717, 1.165) is 36.3 Å². The molecule has 2 heterocycles. The highest BCUT2D eigenvalue weighted by molar-refractivity contribution is 5.71. The topological polar surface area (TPSA) is 56.7 Å². The van der Waals surface area contributed by atoms with Gasteiger partial charge in [0.1, 0.15) is 11.3 Å². The maximum absolute atomic E-state index is 5.83. The second-order valence-corrected chi connectivity index (χ2v) is 6.09. The number of fused-ring (bicyclic) bond motifs is 1. The minimum atomic E-state index is 0.285. The van der Waals surface area contributed by atoms with Crippen LogP contribution >= 0.6 is 0 Å². The van der Waals surface area contributed by atoms with Gasteiger partial charge in [-0.05, 0) is 45.7 Å². The van der Waals surface area contributed by atoms with Gasteiger partial charge in [0.25, 0.3) is 0 Å². The van der Waals surface area contributed by atoms with E-state index in [-0.39, 0.29) is 6.04 Å². The fourth-order valence-corrected chi connectivity index (χ4v) is 2.68. The molecule has 0 aliphatic heterocycles. The predicted octanol–water partition coefficient (Wildman–Crippen LogP) is 3.63. The number of hydrogen-bond acceptors (Lipinski definition) is 3. The van der Waals surface area contributed by atoms with Crippen LogP contribution in [-0.4, -0.2) is 20.6 Å². The molecule has 0 radical (unpaired) electrons. The average molecular weight is 274 g/mol. The first kappa shape index (κ1) is 15.0. The zero-order valence-electron chi connectivity index (χ0n) is 13.0. The van der Waals surface area contributed by atoms with Crippen LogP contribution in [0.1, 0.15) is 64.7 Å². The van der Waals surface area contributed by atoms with E-state index >= 15 is 0 Å². The van der Waals surface area contributed by atoms with Gasteiger partial charge in [-0.25, -0.2) is 9.97 Å². The third-order valence-corrected chi connectivity index (χ3v) is 3.73. The molecular weight excluding hydrogens is 248 g/mol. The van der Waals surface area contributed by atoms with Gasteiger partial charge in [0.15, 0.2) is 5.65 Å². The van der Waals surface area contributed by atoms with Crippen molar-refractivity contribution in [1.82, 2.24) is 14.5 Å². The minimum absolute atomic E-state index is 0.285. The molecule has 2 aromatic rings. The van der Waals surface area contributed by atoms with Crippen LogP contribution in [0.5, 0.6) is 0 Å². The van der Waals surface area contributed by atoms with Gasteiger partial charge < -0.3 is 10.3 Å². The summed E-state index contributed by atoms with van der Waals surface area (Å²) < 4.78 is 2.27. The predicted molar refractivity (Wildman–Crippen MR) is 83.8 cm³/mol. The molecule has 4 nitrogen and oxygen atoms in total. The lowest BCUT2D eigenvalue weighted by Gasteiger charge is -2.17. The van der Waals surface area contributed by atoms with Crippen molar-refractivity contribution in [2.75, 3.05) is 0 Å². The number of nitrogens with zero attached hydrogens (tertiary/aromatic N) is 3. The van der Waals surface area contributed by atoms with Gasteiger partial charge in [-0.2, -0.15) is 0 Å². The highest BCUT2D eigenvalue weighted by atomic mass is 15.1. The van der Waals surface area contributed by atoms with Crippen LogP contribution in [-0.2, 0) is 0 Å². The number of hydrogen-bond donors (Lipinski definition) is 1. The lowest BCUT2D eigenvalue weighted by Crippen LogP contribution is -2.15. The molecule has 0 saturated heterocycles. The molecule has 20 heavy (non-hydrogen) atoms. The van der Waals surface area contributed by atoms with Crippen molar-refractivity contribution in [3.63, 3.8) is 0 Å². The maximum Gasteiger partial charge on any atom is 0.160 e. The molecule has 0 aromatic carbocycles. The van der Waals surface area contributed by atoms with Crippen LogP contribution in [0.4, 0.5) is 0 Å². The fourth-order valence-electron chi connectivity index (χ4n) is 2.68. The summed E-state index contributed by atoms with van der Waals surface area (Å²) in [6.45, 7) is 8.70. The van der Waals surface area contributed by atoms with Gasteiger partial charge in [-0.15, -0.1) is 0 Å². The average Bonchev–Trinajstić information content (AvgIpc) is 2.77. The summed E-state index contributed by atoms with van der Waals surface area (Å²) in [5.74, 6) is 1.59. The molecular formula is C16H26N4. The molecule has 2 atom stereocenters. The number of imidazole rings is 1. The van der Waals surface area contributed by atoms with E-state index in [9.17, 15) is 0 Å². The Bertz CT molecular complexity index is 557. The quantitative estimate of drug-likeness (QED) is 0.875. The molecule has 0 aliphatic rings. The standard InChI is InChI=1S/C16H26N4/c1-11(2)20-15(12(3)7-5-8-13(4)17)19-14-9-6-10-18-16(14)20/h6,9-13H,5,7-8,17H2,1-4H3. The van der Waals surface area contributed by atoms with E-state index in [1.165, 1.54) is 0 Å². The highest BCUT2D eigenvalue weighted by Crippen LogP contribution is 2.27. The summed E-state index contributed by atoms with van der Waals surface area (Å²) in [5, 5.41) is 0. The normalized spacial score (nSPS) is 14.9. The molecule has 2 N–H and O–H groups in total. The Morgan fingerprint density at radius 2 is 1.95 bits per heavy atom. The number of rotatable bonds is 6. The second kappa shape index (κ2) is 6.35. The van der Waals surface area contributed by atoms with E-state index in [1.54, 1.807) is 0 Å². The Hall–Kier alpha value is -1.42. The van der Waals surface area contributed by atoms with Gasteiger partial charge in [0, 0.05) is 24.2 Å². The lowest BCUT2D eigenvalue weighted by atomic mass is 10.0. The first-order valence-corrected chi connectivity index (χ1v) is 7.59. The summed E-state index contributed by atoms with van der Waals surface area (Å²) in [5.41, 5.74) is 7.82. The van der Waals surface area contributed by atoms with Crippen molar-refractivity contribution in [3.05, 3.63) is 24.2 Å². The van der Waals surface area contributed by atoms with Crippen LogP contribution < -0.4 is 5.73 Å². The van der Waals surface area contributed by atoms with Crippen LogP contribution in [0.15, 0.2) is 18.3 Å². The van der Waals surface area contributed by atoms with Crippen molar-refractivity contribution >= 4 is 11.2 Å². The van der Waals surface area contributed by atoms with E-state index in [4.69, 9.17) is 10.7 Å². The molecule has 2 rings (SSSR count). The highest BCUT2D eigenvalue weighted by Gasteiger charge is 2.18. The maximum atomic E-state index is 5.83. The van der Waals surface area contributed by atoms with Crippen molar-refractivity contribution in [1.29, 1.82) is 0 Å². The Labute approximate surface area is 121 Å². The zero-order valence-corrected chi connectivity index (χ0v) is 13.0. The molecule has 2 aromatic heterocycles. The van der Waals surface area contributed by atoms with Crippen LogP contribution in [0.25, 0.3) is 11.2 Å². The first-order valence-electron chi connectivity index (χ1n) is 7.59. The Balaban J connectivity index is 2.26. The van der Waals surface area contributed by atoms with Gasteiger partial charge in [-0.1, -0.05) is 13.3 Å². The van der Waals surface area contributed by atoms with Crippen LogP contribution in [0.2, 0.25) is 0 Å². The van der Waals surface area contributed by atoms with E-state index in [0.29, 0.717) is 12.0 Å². The van der Waals surface area contributed by atoms with Gasteiger partial charge >= 0.3 is 0 Å². The van der Waals surface area contributed by atoms with Crippen LogP contribution in [0.3, 0.4) is 0 Å². The van der Waals surface area contributed by atoms with Crippen molar-refractivity contribution < 1.29 is 0 Å². The molecule has 0 fully saturated rings. The second-order valence-electron chi connectivity index (χ2n) is 6.09.